The highest BCUT2D eigenvalue weighted by Gasteiger charge is 2.55. The molecule has 1 aromatic heterocycles. The van der Waals surface area contributed by atoms with Crippen LogP contribution < -0.4 is 15.6 Å². The number of benzene rings is 1. The van der Waals surface area contributed by atoms with Gasteiger partial charge in [-0.25, -0.2) is 9.18 Å². The van der Waals surface area contributed by atoms with Gasteiger partial charge in [-0.2, -0.15) is 0 Å². The number of pyridine rings is 1. The number of carboxylic acid groups (broad SMARTS) is 1. The van der Waals surface area contributed by atoms with Gasteiger partial charge in [0, 0.05) is 36.8 Å². The summed E-state index contributed by atoms with van der Waals surface area (Å²) in [6.07, 6.45) is 5.13. The molecule has 2 aromatic rings. The normalized spacial score (nSPS) is 26.0. The van der Waals surface area contributed by atoms with Crippen LogP contribution in [0.5, 0.6) is 0 Å². The fourth-order valence-electron chi connectivity index (χ4n) is 5.10. The van der Waals surface area contributed by atoms with Gasteiger partial charge in [-0.3, -0.25) is 4.79 Å². The van der Waals surface area contributed by atoms with Gasteiger partial charge in [-0.15, -0.1) is 0 Å². The van der Waals surface area contributed by atoms with Crippen molar-refractivity contribution < 1.29 is 14.3 Å². The van der Waals surface area contributed by atoms with E-state index in [-0.39, 0.29) is 33.5 Å². The average Bonchev–Trinajstić information content (AvgIpc) is 3.31. The van der Waals surface area contributed by atoms with Crippen molar-refractivity contribution in [3.8, 4) is 0 Å². The maximum absolute atomic E-state index is 15.2. The predicted octanol–water partition coefficient (Wildman–Crippen LogP) is 3.02. The molecule has 6 nitrogen and oxygen atoms in total. The molecule has 6 rings (SSSR count). The second-order valence-corrected chi connectivity index (χ2v) is 8.83. The minimum Gasteiger partial charge on any atom is -0.477 e. The Hall–Kier alpha value is -2.12. The highest BCUT2D eigenvalue weighted by molar-refractivity contribution is 6.38. The maximum atomic E-state index is 15.2. The first kappa shape index (κ1) is 17.9. The third kappa shape index (κ3) is 2.42. The van der Waals surface area contributed by atoms with Crippen LogP contribution in [0.2, 0.25) is 5.02 Å². The number of hydrogen-bond donors (Lipinski definition) is 2. The first-order chi connectivity index (χ1) is 13.3. The van der Waals surface area contributed by atoms with Crippen molar-refractivity contribution in [1.82, 2.24) is 9.88 Å². The summed E-state index contributed by atoms with van der Waals surface area (Å²) in [4.78, 5) is 26.2. The number of halogens is 2. The van der Waals surface area contributed by atoms with Gasteiger partial charge in [0.05, 0.1) is 21.6 Å². The molecule has 4 fully saturated rings. The number of anilines is 1. The first-order valence-corrected chi connectivity index (χ1v) is 9.94. The predicted molar refractivity (Wildman–Crippen MR) is 105 cm³/mol. The van der Waals surface area contributed by atoms with Crippen LogP contribution in [-0.4, -0.2) is 41.8 Å². The molecular weight excluding hydrogens is 385 g/mol. The summed E-state index contributed by atoms with van der Waals surface area (Å²) < 4.78 is 16.9. The van der Waals surface area contributed by atoms with Crippen LogP contribution >= 0.6 is 11.6 Å². The number of aromatic nitrogens is 1. The van der Waals surface area contributed by atoms with Crippen molar-refractivity contribution in [1.29, 1.82) is 0 Å². The molecule has 2 saturated carbocycles. The number of nitrogens with one attached hydrogen (secondary N) is 1. The number of carboxylic acids is 1. The molecule has 148 valence electrons. The third-order valence-electron chi connectivity index (χ3n) is 6.48. The maximum Gasteiger partial charge on any atom is 0.341 e. The van der Waals surface area contributed by atoms with Crippen molar-refractivity contribution in [3.05, 3.63) is 38.9 Å². The van der Waals surface area contributed by atoms with E-state index in [0.717, 1.165) is 38.8 Å². The summed E-state index contributed by atoms with van der Waals surface area (Å²) >= 11 is 6.71. The van der Waals surface area contributed by atoms with Crippen molar-refractivity contribution in [3.63, 3.8) is 0 Å². The van der Waals surface area contributed by atoms with Crippen LogP contribution in [0.25, 0.3) is 10.9 Å². The Labute approximate surface area is 165 Å². The summed E-state index contributed by atoms with van der Waals surface area (Å²) in [5.41, 5.74) is -0.106. The summed E-state index contributed by atoms with van der Waals surface area (Å²) in [7, 11) is 1.92. The van der Waals surface area contributed by atoms with E-state index in [2.05, 4.69) is 5.32 Å². The van der Waals surface area contributed by atoms with Gasteiger partial charge >= 0.3 is 5.97 Å². The topological polar surface area (TPSA) is 74.6 Å². The van der Waals surface area contributed by atoms with Gasteiger partial charge in [0.1, 0.15) is 11.4 Å². The number of carbonyl (C=O) groups is 1. The Bertz CT molecular complexity index is 1070. The Morgan fingerprint density at radius 2 is 2.11 bits per heavy atom. The molecule has 28 heavy (non-hydrogen) atoms. The molecule has 3 heterocycles. The second kappa shape index (κ2) is 5.94. The van der Waals surface area contributed by atoms with Crippen molar-refractivity contribution in [2.75, 3.05) is 25.0 Å². The van der Waals surface area contributed by atoms with E-state index in [0.29, 0.717) is 11.2 Å². The number of hydrogen-bond acceptors (Lipinski definition) is 4. The van der Waals surface area contributed by atoms with Gasteiger partial charge in [-0.05, 0) is 38.8 Å². The monoisotopic (exact) mass is 405 g/mol. The second-order valence-electron chi connectivity index (χ2n) is 8.45. The van der Waals surface area contributed by atoms with Crippen molar-refractivity contribution >= 4 is 34.2 Å². The molecule has 0 spiro atoms. The zero-order valence-corrected chi connectivity index (χ0v) is 16.2. The molecule has 0 atom stereocenters. The van der Waals surface area contributed by atoms with E-state index in [1.165, 1.54) is 12.3 Å². The minimum absolute atomic E-state index is 0.0366. The van der Waals surface area contributed by atoms with Gasteiger partial charge in [0.15, 0.2) is 0 Å². The first-order valence-electron chi connectivity index (χ1n) is 9.56. The van der Waals surface area contributed by atoms with E-state index in [9.17, 15) is 14.7 Å². The summed E-state index contributed by atoms with van der Waals surface area (Å²) in [6.45, 7) is 1.60. The highest BCUT2D eigenvalue weighted by Crippen LogP contribution is 2.55. The van der Waals surface area contributed by atoms with Crippen LogP contribution in [-0.2, 0) is 0 Å². The molecule has 2 N–H and O–H groups in total. The number of rotatable bonds is 5. The van der Waals surface area contributed by atoms with Crippen molar-refractivity contribution in [2.45, 2.75) is 37.8 Å². The molecule has 2 aliphatic carbocycles. The molecule has 4 aliphatic rings. The van der Waals surface area contributed by atoms with E-state index in [4.69, 9.17) is 11.6 Å². The van der Waals surface area contributed by atoms with Crippen molar-refractivity contribution in [2.24, 2.45) is 5.41 Å². The zero-order valence-electron chi connectivity index (χ0n) is 15.5. The quantitative estimate of drug-likeness (QED) is 0.799. The Kier molecular flexibility index (Phi) is 3.81. The molecule has 1 aromatic carbocycles. The van der Waals surface area contributed by atoms with E-state index < -0.39 is 17.2 Å². The number of nitrogens with zero attached hydrogens (tertiary/aromatic N) is 2. The van der Waals surface area contributed by atoms with Crippen LogP contribution in [0.1, 0.15) is 42.1 Å². The van der Waals surface area contributed by atoms with Crippen LogP contribution in [0.4, 0.5) is 10.1 Å². The smallest absolute Gasteiger partial charge is 0.341 e. The number of aromatic carboxylic acids is 1. The van der Waals surface area contributed by atoms with E-state index in [1.54, 1.807) is 4.57 Å². The van der Waals surface area contributed by atoms with Gasteiger partial charge in [0.2, 0.25) is 5.43 Å². The fraction of sp³-hybridized carbons (Fsp3) is 0.500. The molecule has 0 amide bonds. The minimum atomic E-state index is -1.31. The molecule has 0 radical (unpaired) electrons. The molecule has 2 saturated heterocycles. The Morgan fingerprint density at radius 1 is 1.39 bits per heavy atom. The number of fused-ring (bicyclic) bond motifs is 2. The summed E-state index contributed by atoms with van der Waals surface area (Å²) in [5, 5.41) is 12.9. The average molecular weight is 406 g/mol. The van der Waals surface area contributed by atoms with Gasteiger partial charge in [0.25, 0.3) is 0 Å². The molecule has 8 heteroatoms. The van der Waals surface area contributed by atoms with Gasteiger partial charge < -0.3 is 19.9 Å². The molecule has 0 unspecified atom stereocenters. The Morgan fingerprint density at radius 3 is 2.71 bits per heavy atom. The molecular formula is C20H21ClFN3O3. The zero-order chi connectivity index (χ0) is 19.8. The summed E-state index contributed by atoms with van der Waals surface area (Å²) in [5.74, 6) is -1.87. The lowest BCUT2D eigenvalue weighted by atomic mass is 9.70. The van der Waals surface area contributed by atoms with Gasteiger partial charge in [-0.1, -0.05) is 11.6 Å². The van der Waals surface area contributed by atoms with Crippen LogP contribution in [0.15, 0.2) is 17.1 Å². The standard InChI is InChI=1S/C20H21ClFN3O3/c1-23-8-20-5-11(6-20)25(9-20)17-14(22)4-12-16(15(17)21)24(10-2-3-10)7-13(18(12)26)19(27)28/h4,7,10-11,23H,2-3,5-6,8-9H2,1H3,(H,27,28). The fourth-order valence-corrected chi connectivity index (χ4v) is 5.50. The highest BCUT2D eigenvalue weighted by atomic mass is 35.5. The third-order valence-corrected chi connectivity index (χ3v) is 6.84. The Balaban J connectivity index is 1.71. The largest absolute Gasteiger partial charge is 0.477 e. The lowest BCUT2D eigenvalue weighted by Crippen LogP contribution is -2.41. The SMILES string of the molecule is CNCC12CC(C1)N(c1c(F)cc3c(=O)c(C(=O)O)cn(C4CC4)c3c1Cl)C2. The lowest BCUT2D eigenvalue weighted by molar-refractivity contribution is 0.0695. The molecule has 2 aliphatic heterocycles. The van der Waals surface area contributed by atoms with Crippen LogP contribution in [0, 0.1) is 11.2 Å². The molecule has 2 bridgehead atoms. The van der Waals surface area contributed by atoms with Crippen LogP contribution in [0.3, 0.4) is 0 Å². The van der Waals surface area contributed by atoms with E-state index >= 15 is 4.39 Å². The summed E-state index contributed by atoms with van der Waals surface area (Å²) in [6, 6.07) is 1.52. The van der Waals surface area contributed by atoms with E-state index in [1.807, 2.05) is 11.9 Å². The lowest BCUT2D eigenvalue weighted by Gasteiger charge is -2.37.